The van der Waals surface area contributed by atoms with Crippen LogP contribution in [0, 0.1) is 19.8 Å². The number of hydrogen-bond donors (Lipinski definition) is 2. The summed E-state index contributed by atoms with van der Waals surface area (Å²) in [5.74, 6) is 0.842. The highest BCUT2D eigenvalue weighted by atomic mass is 16.1. The van der Waals surface area contributed by atoms with Crippen LogP contribution in [0.1, 0.15) is 40.7 Å². The van der Waals surface area contributed by atoms with Gasteiger partial charge in [-0.25, -0.2) is 0 Å². The number of nitrogens with one attached hydrogen (secondary N) is 1. The molecular formula is C14H20N2O. The van der Waals surface area contributed by atoms with Crippen molar-refractivity contribution < 1.29 is 4.79 Å². The minimum absolute atomic E-state index is 0.00477. The van der Waals surface area contributed by atoms with Crippen LogP contribution in [0.4, 0.5) is 5.69 Å². The van der Waals surface area contributed by atoms with Crippen LogP contribution >= 0.6 is 0 Å². The Hall–Kier alpha value is -1.51. The molecule has 3 N–H and O–H groups in total. The molecule has 92 valence electrons. The van der Waals surface area contributed by atoms with Gasteiger partial charge in [-0.1, -0.05) is 18.9 Å². The van der Waals surface area contributed by atoms with E-state index in [0.29, 0.717) is 11.3 Å². The molecule has 0 saturated heterocycles. The lowest BCUT2D eigenvalue weighted by atomic mass is 10.0. The van der Waals surface area contributed by atoms with E-state index in [2.05, 4.69) is 5.32 Å². The van der Waals surface area contributed by atoms with Crippen molar-refractivity contribution in [2.24, 2.45) is 5.92 Å². The number of benzene rings is 1. The molecular weight excluding hydrogens is 212 g/mol. The summed E-state index contributed by atoms with van der Waals surface area (Å²) in [5.41, 5.74) is 9.23. The lowest BCUT2D eigenvalue weighted by Gasteiger charge is -2.10. The van der Waals surface area contributed by atoms with E-state index in [9.17, 15) is 4.79 Å². The number of aryl methyl sites for hydroxylation is 2. The second-order valence-corrected chi connectivity index (χ2v) is 5.01. The predicted molar refractivity (Wildman–Crippen MR) is 70.0 cm³/mol. The predicted octanol–water partition coefficient (Wildman–Crippen LogP) is 2.42. The summed E-state index contributed by atoms with van der Waals surface area (Å²) in [4.78, 5) is 12.0. The van der Waals surface area contributed by atoms with Crippen LogP contribution in [0.25, 0.3) is 0 Å². The summed E-state index contributed by atoms with van der Waals surface area (Å²) in [6.07, 6.45) is 3.75. The Morgan fingerprint density at radius 1 is 1.35 bits per heavy atom. The highest BCUT2D eigenvalue weighted by Crippen LogP contribution is 2.31. The number of carbonyl (C=O) groups excluding carboxylic acids is 1. The highest BCUT2D eigenvalue weighted by molar-refractivity contribution is 5.96. The van der Waals surface area contributed by atoms with E-state index in [1.165, 1.54) is 12.8 Å². The van der Waals surface area contributed by atoms with Crippen molar-refractivity contribution in [2.75, 3.05) is 12.3 Å². The molecule has 0 aromatic heterocycles. The van der Waals surface area contributed by atoms with E-state index in [0.717, 1.165) is 30.0 Å². The number of rotatable bonds is 4. The normalized spacial score (nSPS) is 14.7. The Balaban J connectivity index is 1.99. The minimum atomic E-state index is -0.00477. The van der Waals surface area contributed by atoms with Gasteiger partial charge in [0.15, 0.2) is 0 Å². The van der Waals surface area contributed by atoms with Crippen molar-refractivity contribution in [3.05, 3.63) is 28.8 Å². The van der Waals surface area contributed by atoms with Crippen molar-refractivity contribution >= 4 is 11.6 Å². The van der Waals surface area contributed by atoms with E-state index in [1.54, 1.807) is 6.07 Å². The Morgan fingerprint density at radius 2 is 2.06 bits per heavy atom. The van der Waals surface area contributed by atoms with Crippen molar-refractivity contribution in [2.45, 2.75) is 33.1 Å². The smallest absolute Gasteiger partial charge is 0.251 e. The maximum Gasteiger partial charge on any atom is 0.251 e. The summed E-state index contributed by atoms with van der Waals surface area (Å²) in [7, 11) is 0. The quantitative estimate of drug-likeness (QED) is 0.783. The SMILES string of the molecule is Cc1cc(C)c(C(=O)NCCC2CC2)cc1N. The fraction of sp³-hybridized carbons (Fsp3) is 0.500. The van der Waals surface area contributed by atoms with Crippen molar-refractivity contribution in [3.8, 4) is 0 Å². The van der Waals surface area contributed by atoms with Gasteiger partial charge in [0, 0.05) is 17.8 Å². The van der Waals surface area contributed by atoms with Crippen LogP contribution in [-0.4, -0.2) is 12.5 Å². The molecule has 0 unspecified atom stereocenters. The Labute approximate surface area is 102 Å². The number of nitrogens with two attached hydrogens (primary N) is 1. The average Bonchev–Trinajstić information content (AvgIpc) is 3.07. The van der Waals surface area contributed by atoms with Gasteiger partial charge in [-0.05, 0) is 43.4 Å². The van der Waals surface area contributed by atoms with Crippen LogP contribution < -0.4 is 11.1 Å². The average molecular weight is 232 g/mol. The van der Waals surface area contributed by atoms with Gasteiger partial charge < -0.3 is 11.1 Å². The number of anilines is 1. The molecule has 0 aliphatic heterocycles. The van der Waals surface area contributed by atoms with E-state index in [-0.39, 0.29) is 5.91 Å². The van der Waals surface area contributed by atoms with Crippen molar-refractivity contribution in [1.29, 1.82) is 0 Å². The molecule has 1 fully saturated rings. The van der Waals surface area contributed by atoms with Crippen molar-refractivity contribution in [3.63, 3.8) is 0 Å². The zero-order valence-electron chi connectivity index (χ0n) is 10.5. The van der Waals surface area contributed by atoms with Crippen LogP contribution in [0.3, 0.4) is 0 Å². The van der Waals surface area contributed by atoms with Gasteiger partial charge in [-0.2, -0.15) is 0 Å². The third-order valence-electron chi connectivity index (χ3n) is 3.39. The van der Waals surface area contributed by atoms with Gasteiger partial charge >= 0.3 is 0 Å². The molecule has 1 amide bonds. The zero-order chi connectivity index (χ0) is 12.4. The Morgan fingerprint density at radius 3 is 2.71 bits per heavy atom. The first-order valence-electron chi connectivity index (χ1n) is 6.23. The molecule has 3 heteroatoms. The largest absolute Gasteiger partial charge is 0.398 e. The molecule has 1 saturated carbocycles. The monoisotopic (exact) mass is 232 g/mol. The molecule has 1 aliphatic rings. The van der Waals surface area contributed by atoms with Crippen LogP contribution in [-0.2, 0) is 0 Å². The summed E-state index contributed by atoms with van der Waals surface area (Å²) in [6.45, 7) is 4.68. The topological polar surface area (TPSA) is 55.1 Å². The summed E-state index contributed by atoms with van der Waals surface area (Å²) < 4.78 is 0. The van der Waals surface area contributed by atoms with E-state index >= 15 is 0 Å². The molecule has 1 aromatic carbocycles. The molecule has 0 bridgehead atoms. The Kier molecular flexibility index (Phi) is 3.36. The van der Waals surface area contributed by atoms with Gasteiger partial charge in [-0.3, -0.25) is 4.79 Å². The second-order valence-electron chi connectivity index (χ2n) is 5.01. The fourth-order valence-electron chi connectivity index (χ4n) is 2.01. The zero-order valence-corrected chi connectivity index (χ0v) is 10.5. The summed E-state index contributed by atoms with van der Waals surface area (Å²) >= 11 is 0. The molecule has 0 spiro atoms. The van der Waals surface area contributed by atoms with Crippen LogP contribution in [0.15, 0.2) is 12.1 Å². The molecule has 3 nitrogen and oxygen atoms in total. The maximum absolute atomic E-state index is 12.0. The minimum Gasteiger partial charge on any atom is -0.398 e. The highest BCUT2D eigenvalue weighted by Gasteiger charge is 2.20. The van der Waals surface area contributed by atoms with Crippen molar-refractivity contribution in [1.82, 2.24) is 5.32 Å². The number of carbonyl (C=O) groups is 1. The first kappa shape index (κ1) is 12.0. The van der Waals surface area contributed by atoms with Gasteiger partial charge in [0.1, 0.15) is 0 Å². The van der Waals surface area contributed by atoms with Crippen LogP contribution in [0.2, 0.25) is 0 Å². The second kappa shape index (κ2) is 4.78. The summed E-state index contributed by atoms with van der Waals surface area (Å²) in [6, 6.07) is 3.74. The van der Waals surface area contributed by atoms with E-state index in [4.69, 9.17) is 5.73 Å². The van der Waals surface area contributed by atoms with Gasteiger partial charge in [0.05, 0.1) is 0 Å². The molecule has 1 aromatic rings. The molecule has 0 atom stereocenters. The summed E-state index contributed by atoms with van der Waals surface area (Å²) in [5, 5.41) is 2.96. The van der Waals surface area contributed by atoms with Crippen LogP contribution in [0.5, 0.6) is 0 Å². The van der Waals surface area contributed by atoms with Gasteiger partial charge in [-0.15, -0.1) is 0 Å². The third kappa shape index (κ3) is 2.99. The molecule has 0 radical (unpaired) electrons. The molecule has 1 aliphatic carbocycles. The molecule has 2 rings (SSSR count). The Bertz CT molecular complexity index is 436. The molecule has 17 heavy (non-hydrogen) atoms. The van der Waals surface area contributed by atoms with Gasteiger partial charge in [0.25, 0.3) is 5.91 Å². The first-order chi connectivity index (χ1) is 8.08. The lowest BCUT2D eigenvalue weighted by Crippen LogP contribution is -2.25. The lowest BCUT2D eigenvalue weighted by molar-refractivity contribution is 0.0952. The maximum atomic E-state index is 12.0. The number of amides is 1. The third-order valence-corrected chi connectivity index (χ3v) is 3.39. The molecule has 0 heterocycles. The fourth-order valence-corrected chi connectivity index (χ4v) is 2.01. The van der Waals surface area contributed by atoms with E-state index < -0.39 is 0 Å². The number of nitrogen functional groups attached to an aromatic ring is 1. The standard InChI is InChI=1S/C14H20N2O/c1-9-7-10(2)13(15)8-12(9)14(17)16-6-5-11-3-4-11/h7-8,11H,3-6,15H2,1-2H3,(H,16,17). The van der Waals surface area contributed by atoms with Gasteiger partial charge in [0.2, 0.25) is 0 Å². The number of hydrogen-bond acceptors (Lipinski definition) is 2. The first-order valence-corrected chi connectivity index (χ1v) is 6.23. The van der Waals surface area contributed by atoms with E-state index in [1.807, 2.05) is 19.9 Å².